The number of halogens is 1. The molecule has 0 saturated carbocycles. The van der Waals surface area contributed by atoms with Crippen molar-refractivity contribution in [3.05, 3.63) is 65.0 Å². The first-order chi connectivity index (χ1) is 12.0. The van der Waals surface area contributed by atoms with Crippen LogP contribution in [-0.4, -0.2) is 25.2 Å². The minimum Gasteiger partial charge on any atom is -0.421 e. The summed E-state index contributed by atoms with van der Waals surface area (Å²) in [7, 11) is -3.56. The molecule has 0 saturated heterocycles. The Labute approximate surface area is 150 Å². The van der Waals surface area contributed by atoms with E-state index in [0.717, 1.165) is 5.56 Å². The fourth-order valence-corrected chi connectivity index (χ4v) is 3.44. The highest BCUT2D eigenvalue weighted by Crippen LogP contribution is 2.26. The van der Waals surface area contributed by atoms with Crippen molar-refractivity contribution in [3.63, 3.8) is 0 Å². The monoisotopic (exact) mass is 377 g/mol. The molecule has 1 N–H and O–H groups in total. The van der Waals surface area contributed by atoms with Crippen LogP contribution in [0.15, 0.2) is 57.8 Å². The van der Waals surface area contributed by atoms with Crippen molar-refractivity contribution < 1.29 is 12.8 Å². The lowest BCUT2D eigenvalue weighted by atomic mass is 10.2. The Morgan fingerprint density at radius 2 is 1.80 bits per heavy atom. The Bertz CT molecular complexity index is 969. The van der Waals surface area contributed by atoms with E-state index in [1.165, 1.54) is 0 Å². The molecule has 0 fully saturated rings. The summed E-state index contributed by atoms with van der Waals surface area (Å²) >= 11 is 6.09. The zero-order chi connectivity index (χ0) is 17.9. The van der Waals surface area contributed by atoms with Gasteiger partial charge in [0.25, 0.3) is 0 Å². The fourth-order valence-electron chi connectivity index (χ4n) is 2.19. The van der Waals surface area contributed by atoms with Crippen molar-refractivity contribution >= 4 is 21.6 Å². The highest BCUT2D eigenvalue weighted by Gasteiger charge is 2.15. The van der Waals surface area contributed by atoms with Gasteiger partial charge in [-0.3, -0.25) is 0 Å². The Balaban J connectivity index is 1.63. The SMILES string of the molecule is Cc1ccc(S(=O)(=O)NCCc2nnc(-c3ccccc3Cl)o2)cc1. The van der Waals surface area contributed by atoms with Gasteiger partial charge < -0.3 is 4.42 Å². The summed E-state index contributed by atoms with van der Waals surface area (Å²) in [6.45, 7) is 2.05. The summed E-state index contributed by atoms with van der Waals surface area (Å²) in [5, 5.41) is 8.39. The van der Waals surface area contributed by atoms with Crippen LogP contribution in [-0.2, 0) is 16.4 Å². The summed E-state index contributed by atoms with van der Waals surface area (Å²) < 4.78 is 32.5. The van der Waals surface area contributed by atoms with Gasteiger partial charge in [0.2, 0.25) is 21.8 Å². The lowest BCUT2D eigenvalue weighted by Gasteiger charge is -2.05. The van der Waals surface area contributed by atoms with Gasteiger partial charge in [-0.2, -0.15) is 0 Å². The van der Waals surface area contributed by atoms with Crippen LogP contribution in [0.5, 0.6) is 0 Å². The van der Waals surface area contributed by atoms with E-state index in [4.69, 9.17) is 16.0 Å². The Morgan fingerprint density at radius 3 is 2.52 bits per heavy atom. The van der Waals surface area contributed by atoms with Crippen molar-refractivity contribution in [1.29, 1.82) is 0 Å². The predicted molar refractivity (Wildman–Crippen MR) is 94.8 cm³/mol. The maximum absolute atomic E-state index is 12.2. The van der Waals surface area contributed by atoms with Gasteiger partial charge in [-0.15, -0.1) is 10.2 Å². The maximum Gasteiger partial charge on any atom is 0.249 e. The molecule has 130 valence electrons. The van der Waals surface area contributed by atoms with Gasteiger partial charge in [0.05, 0.1) is 15.5 Å². The van der Waals surface area contributed by atoms with E-state index < -0.39 is 10.0 Å². The molecule has 0 spiro atoms. The standard InChI is InChI=1S/C17H16ClN3O3S/c1-12-6-8-13(9-7-12)25(22,23)19-11-10-16-20-21-17(24-16)14-4-2-3-5-15(14)18/h2-9,19H,10-11H2,1H3. The summed E-state index contributed by atoms with van der Waals surface area (Å²) in [6.07, 6.45) is 0.280. The van der Waals surface area contributed by atoms with Crippen LogP contribution in [0.2, 0.25) is 5.02 Å². The topological polar surface area (TPSA) is 85.1 Å². The highest BCUT2D eigenvalue weighted by atomic mass is 35.5. The number of nitrogens with one attached hydrogen (secondary N) is 1. The van der Waals surface area contributed by atoms with Gasteiger partial charge in [0, 0.05) is 13.0 Å². The molecule has 0 unspecified atom stereocenters. The molecular formula is C17H16ClN3O3S. The van der Waals surface area contributed by atoms with Crippen LogP contribution in [0.1, 0.15) is 11.5 Å². The molecule has 0 atom stereocenters. The second-order valence-electron chi connectivity index (χ2n) is 5.44. The molecule has 0 radical (unpaired) electrons. The molecular weight excluding hydrogens is 362 g/mol. The third kappa shape index (κ3) is 4.25. The largest absolute Gasteiger partial charge is 0.421 e. The molecule has 8 heteroatoms. The van der Waals surface area contributed by atoms with Gasteiger partial charge >= 0.3 is 0 Å². The van der Waals surface area contributed by atoms with Crippen LogP contribution in [0.25, 0.3) is 11.5 Å². The molecule has 3 rings (SSSR count). The normalized spacial score (nSPS) is 11.6. The minimum absolute atomic E-state index is 0.153. The summed E-state index contributed by atoms with van der Waals surface area (Å²) in [6, 6.07) is 13.8. The number of hydrogen-bond acceptors (Lipinski definition) is 5. The smallest absolute Gasteiger partial charge is 0.249 e. The van der Waals surface area contributed by atoms with Crippen molar-refractivity contribution in [2.24, 2.45) is 0 Å². The number of benzene rings is 2. The first-order valence-electron chi connectivity index (χ1n) is 7.59. The van der Waals surface area contributed by atoms with Gasteiger partial charge in [0.15, 0.2) is 0 Å². The third-order valence-corrected chi connectivity index (χ3v) is 5.34. The first kappa shape index (κ1) is 17.6. The van der Waals surface area contributed by atoms with E-state index in [1.54, 1.807) is 36.4 Å². The summed E-state index contributed by atoms with van der Waals surface area (Å²) in [4.78, 5) is 0.223. The zero-order valence-corrected chi connectivity index (χ0v) is 15.0. The minimum atomic E-state index is -3.56. The van der Waals surface area contributed by atoms with Crippen molar-refractivity contribution in [3.8, 4) is 11.5 Å². The van der Waals surface area contributed by atoms with Crippen LogP contribution < -0.4 is 4.72 Å². The number of nitrogens with zero attached hydrogens (tertiary/aromatic N) is 2. The molecule has 0 aliphatic heterocycles. The molecule has 3 aromatic rings. The van der Waals surface area contributed by atoms with Crippen LogP contribution >= 0.6 is 11.6 Å². The molecule has 2 aromatic carbocycles. The summed E-state index contributed by atoms with van der Waals surface area (Å²) in [5.74, 6) is 0.642. The number of hydrogen-bond donors (Lipinski definition) is 1. The molecule has 0 bridgehead atoms. The lowest BCUT2D eigenvalue weighted by molar-refractivity contribution is 0.502. The number of aryl methyl sites for hydroxylation is 1. The average molecular weight is 378 g/mol. The van der Waals surface area contributed by atoms with Crippen LogP contribution in [0, 0.1) is 6.92 Å². The van der Waals surface area contributed by atoms with Crippen molar-refractivity contribution in [1.82, 2.24) is 14.9 Å². The van der Waals surface area contributed by atoms with Crippen LogP contribution in [0.3, 0.4) is 0 Å². The number of sulfonamides is 1. The van der Waals surface area contributed by atoms with E-state index >= 15 is 0 Å². The van der Waals surface area contributed by atoms with E-state index in [9.17, 15) is 8.42 Å². The molecule has 0 aliphatic carbocycles. The second kappa shape index (κ2) is 7.35. The lowest BCUT2D eigenvalue weighted by Crippen LogP contribution is -2.26. The predicted octanol–water partition coefficient (Wildman–Crippen LogP) is 3.22. The van der Waals surface area contributed by atoms with Gasteiger partial charge in [0.1, 0.15) is 0 Å². The van der Waals surface area contributed by atoms with Gasteiger partial charge in [-0.05, 0) is 31.2 Å². The van der Waals surface area contributed by atoms with Crippen molar-refractivity contribution in [2.45, 2.75) is 18.2 Å². The Morgan fingerprint density at radius 1 is 1.08 bits per heavy atom. The number of aromatic nitrogens is 2. The third-order valence-electron chi connectivity index (χ3n) is 3.53. The van der Waals surface area contributed by atoms with E-state index in [1.807, 2.05) is 19.1 Å². The Kier molecular flexibility index (Phi) is 5.17. The molecule has 0 amide bonds. The molecule has 1 heterocycles. The summed E-state index contributed by atoms with van der Waals surface area (Å²) in [5.41, 5.74) is 1.64. The zero-order valence-electron chi connectivity index (χ0n) is 13.4. The molecule has 1 aromatic heterocycles. The van der Waals surface area contributed by atoms with E-state index in [2.05, 4.69) is 14.9 Å². The fraction of sp³-hybridized carbons (Fsp3) is 0.176. The van der Waals surface area contributed by atoms with Gasteiger partial charge in [-0.25, -0.2) is 13.1 Å². The number of rotatable bonds is 6. The second-order valence-corrected chi connectivity index (χ2v) is 7.62. The Hall–Kier alpha value is -2.22. The van der Waals surface area contributed by atoms with Gasteiger partial charge in [-0.1, -0.05) is 41.4 Å². The van der Waals surface area contributed by atoms with E-state index in [0.29, 0.717) is 22.4 Å². The van der Waals surface area contributed by atoms with E-state index in [-0.39, 0.29) is 17.9 Å². The molecule has 0 aliphatic rings. The maximum atomic E-state index is 12.2. The van der Waals surface area contributed by atoms with Crippen molar-refractivity contribution in [2.75, 3.05) is 6.54 Å². The van der Waals surface area contributed by atoms with Crippen LogP contribution in [0.4, 0.5) is 0 Å². The molecule has 25 heavy (non-hydrogen) atoms. The molecule has 6 nitrogen and oxygen atoms in total. The highest BCUT2D eigenvalue weighted by molar-refractivity contribution is 7.89. The quantitative estimate of drug-likeness (QED) is 0.712. The first-order valence-corrected chi connectivity index (χ1v) is 9.45. The average Bonchev–Trinajstić information content (AvgIpc) is 3.04.